The Hall–Kier alpha value is -0.650. The number of carbonyl (C=O) groups is 1. The van der Waals surface area contributed by atoms with Gasteiger partial charge in [0.2, 0.25) is 5.91 Å². The van der Waals surface area contributed by atoms with Gasteiger partial charge in [-0.3, -0.25) is 14.6 Å². The molecule has 0 aliphatic carbocycles. The van der Waals surface area contributed by atoms with Crippen LogP contribution in [-0.2, 0) is 4.79 Å². The van der Waals surface area contributed by atoms with Crippen molar-refractivity contribution in [2.75, 3.05) is 39.3 Å². The molecule has 20 heavy (non-hydrogen) atoms. The molecule has 2 fully saturated rings. The number of nitrogens with zero attached hydrogens (tertiary/aromatic N) is 2. The summed E-state index contributed by atoms with van der Waals surface area (Å²) < 4.78 is 0. The van der Waals surface area contributed by atoms with Crippen molar-refractivity contribution in [3.63, 3.8) is 0 Å². The molecule has 2 saturated heterocycles. The van der Waals surface area contributed by atoms with Crippen LogP contribution in [-0.4, -0.2) is 67.1 Å². The van der Waals surface area contributed by atoms with Crippen LogP contribution in [0.1, 0.15) is 39.0 Å². The van der Waals surface area contributed by atoms with Gasteiger partial charge in [-0.25, -0.2) is 0 Å². The first-order valence-electron chi connectivity index (χ1n) is 8.22. The molecule has 0 spiro atoms. The summed E-state index contributed by atoms with van der Waals surface area (Å²) in [4.78, 5) is 17.0. The van der Waals surface area contributed by atoms with Crippen LogP contribution in [0.25, 0.3) is 0 Å². The zero-order valence-corrected chi connectivity index (χ0v) is 12.8. The van der Waals surface area contributed by atoms with Crippen molar-refractivity contribution in [1.82, 2.24) is 15.1 Å². The van der Waals surface area contributed by atoms with Gasteiger partial charge in [-0.1, -0.05) is 13.3 Å². The Labute approximate surface area is 122 Å². The topological polar surface area (TPSA) is 61.6 Å². The largest absolute Gasteiger partial charge is 0.355 e. The molecule has 116 valence electrons. The quantitative estimate of drug-likeness (QED) is 0.766. The molecule has 0 bridgehead atoms. The summed E-state index contributed by atoms with van der Waals surface area (Å²) in [5, 5.41) is 3.04. The van der Waals surface area contributed by atoms with Crippen molar-refractivity contribution in [3.8, 4) is 0 Å². The molecular formula is C15H30N4O. The molecule has 2 unspecified atom stereocenters. The first-order chi connectivity index (χ1) is 9.76. The van der Waals surface area contributed by atoms with Gasteiger partial charge in [0.15, 0.2) is 0 Å². The maximum Gasteiger partial charge on any atom is 0.237 e. The molecule has 3 N–H and O–H groups in total. The second-order valence-electron chi connectivity index (χ2n) is 6.05. The van der Waals surface area contributed by atoms with Crippen LogP contribution in [0.15, 0.2) is 0 Å². The van der Waals surface area contributed by atoms with E-state index in [1.807, 2.05) is 0 Å². The van der Waals surface area contributed by atoms with Gasteiger partial charge in [0, 0.05) is 45.3 Å². The van der Waals surface area contributed by atoms with E-state index in [0.717, 1.165) is 58.5 Å². The highest BCUT2D eigenvalue weighted by atomic mass is 16.2. The summed E-state index contributed by atoms with van der Waals surface area (Å²) in [6.45, 7) is 7.90. The van der Waals surface area contributed by atoms with Gasteiger partial charge in [0.05, 0.1) is 6.04 Å². The van der Waals surface area contributed by atoms with Crippen LogP contribution in [0.3, 0.4) is 0 Å². The molecule has 5 heteroatoms. The Kier molecular flexibility index (Phi) is 6.26. The van der Waals surface area contributed by atoms with Gasteiger partial charge < -0.3 is 11.1 Å². The van der Waals surface area contributed by atoms with E-state index in [0.29, 0.717) is 6.04 Å². The van der Waals surface area contributed by atoms with E-state index in [2.05, 4.69) is 22.0 Å². The molecule has 0 saturated carbocycles. The molecule has 0 radical (unpaired) electrons. The molecule has 2 atom stereocenters. The number of amides is 1. The second-order valence-corrected chi connectivity index (χ2v) is 6.05. The molecule has 2 aliphatic heterocycles. The Morgan fingerprint density at radius 1 is 1.30 bits per heavy atom. The third-order valence-electron chi connectivity index (χ3n) is 4.71. The van der Waals surface area contributed by atoms with Crippen molar-refractivity contribution in [1.29, 1.82) is 0 Å². The highest BCUT2D eigenvalue weighted by Gasteiger charge is 2.31. The number of hydrogen-bond acceptors (Lipinski definition) is 4. The third-order valence-corrected chi connectivity index (χ3v) is 4.71. The smallest absolute Gasteiger partial charge is 0.237 e. The number of rotatable bonds is 5. The Morgan fingerprint density at radius 2 is 2.05 bits per heavy atom. The Bertz CT molecular complexity index is 302. The van der Waals surface area contributed by atoms with Gasteiger partial charge in [-0.05, 0) is 25.7 Å². The highest BCUT2D eigenvalue weighted by Crippen LogP contribution is 2.17. The fourth-order valence-electron chi connectivity index (χ4n) is 3.47. The standard InChI is InChI=1S/C15H30N4O/c1-2-5-13(12-16)18-8-10-19(11-9-18)14-6-3-4-7-17-15(14)20/h13-14H,2-12,16H2,1H3,(H,17,20). The fraction of sp³-hybridized carbons (Fsp3) is 0.933. The maximum atomic E-state index is 12.1. The summed E-state index contributed by atoms with van der Waals surface area (Å²) in [5.74, 6) is 0.236. The van der Waals surface area contributed by atoms with Crippen LogP contribution in [0.4, 0.5) is 0 Å². The monoisotopic (exact) mass is 282 g/mol. The average Bonchev–Trinajstić information content (AvgIpc) is 2.70. The Balaban J connectivity index is 1.85. The molecule has 1 amide bonds. The number of nitrogens with one attached hydrogen (secondary N) is 1. The van der Waals surface area contributed by atoms with Crippen molar-refractivity contribution in [2.45, 2.75) is 51.1 Å². The number of carbonyl (C=O) groups excluding carboxylic acids is 1. The molecule has 0 aromatic rings. The lowest BCUT2D eigenvalue weighted by atomic mass is 10.1. The summed E-state index contributed by atoms with van der Waals surface area (Å²) in [7, 11) is 0. The van der Waals surface area contributed by atoms with Crippen molar-refractivity contribution < 1.29 is 4.79 Å². The number of nitrogens with two attached hydrogens (primary N) is 1. The van der Waals surface area contributed by atoms with E-state index < -0.39 is 0 Å². The zero-order chi connectivity index (χ0) is 14.4. The first-order valence-corrected chi connectivity index (χ1v) is 8.22. The van der Waals surface area contributed by atoms with Gasteiger partial charge in [0.25, 0.3) is 0 Å². The lowest BCUT2D eigenvalue weighted by Gasteiger charge is -2.41. The van der Waals surface area contributed by atoms with E-state index in [1.54, 1.807) is 0 Å². The molecular weight excluding hydrogens is 252 g/mol. The summed E-state index contributed by atoms with van der Waals surface area (Å²) in [6, 6.07) is 0.618. The number of piperazine rings is 1. The fourth-order valence-corrected chi connectivity index (χ4v) is 3.47. The maximum absolute atomic E-state index is 12.1. The molecule has 2 rings (SSSR count). The normalized spacial score (nSPS) is 27.9. The highest BCUT2D eigenvalue weighted by molar-refractivity contribution is 5.81. The van der Waals surface area contributed by atoms with Gasteiger partial charge in [0.1, 0.15) is 0 Å². The lowest BCUT2D eigenvalue weighted by molar-refractivity contribution is -0.127. The predicted octanol–water partition coefficient (Wildman–Crippen LogP) is 0.400. The SMILES string of the molecule is CCCC(CN)N1CCN(C2CCCCNC2=O)CC1. The molecule has 2 heterocycles. The van der Waals surface area contributed by atoms with Crippen LogP contribution in [0.5, 0.6) is 0 Å². The molecule has 0 aromatic carbocycles. The first kappa shape index (κ1) is 15.7. The molecule has 2 aliphatic rings. The minimum Gasteiger partial charge on any atom is -0.355 e. The molecule has 5 nitrogen and oxygen atoms in total. The molecule has 0 aromatic heterocycles. The minimum absolute atomic E-state index is 0.0992. The Morgan fingerprint density at radius 3 is 2.70 bits per heavy atom. The van der Waals surface area contributed by atoms with E-state index in [1.165, 1.54) is 12.8 Å². The van der Waals surface area contributed by atoms with Crippen LogP contribution < -0.4 is 11.1 Å². The summed E-state index contributed by atoms with van der Waals surface area (Å²) >= 11 is 0. The summed E-state index contributed by atoms with van der Waals surface area (Å²) in [5.41, 5.74) is 5.89. The van der Waals surface area contributed by atoms with Crippen molar-refractivity contribution in [2.24, 2.45) is 5.73 Å². The van der Waals surface area contributed by atoms with Crippen molar-refractivity contribution >= 4 is 5.91 Å². The van der Waals surface area contributed by atoms with Gasteiger partial charge >= 0.3 is 0 Å². The predicted molar refractivity (Wildman–Crippen MR) is 81.5 cm³/mol. The van der Waals surface area contributed by atoms with Crippen LogP contribution >= 0.6 is 0 Å². The zero-order valence-electron chi connectivity index (χ0n) is 12.8. The van der Waals surface area contributed by atoms with E-state index in [4.69, 9.17) is 5.73 Å². The van der Waals surface area contributed by atoms with Crippen molar-refractivity contribution in [3.05, 3.63) is 0 Å². The van der Waals surface area contributed by atoms with E-state index in [-0.39, 0.29) is 11.9 Å². The lowest BCUT2D eigenvalue weighted by Crippen LogP contribution is -2.57. The summed E-state index contributed by atoms with van der Waals surface area (Å²) in [6.07, 6.45) is 5.66. The third kappa shape index (κ3) is 3.93. The van der Waals surface area contributed by atoms with Crippen LogP contribution in [0.2, 0.25) is 0 Å². The van der Waals surface area contributed by atoms with E-state index >= 15 is 0 Å². The van der Waals surface area contributed by atoms with Gasteiger partial charge in [-0.15, -0.1) is 0 Å². The second kappa shape index (κ2) is 7.96. The minimum atomic E-state index is 0.0992. The van der Waals surface area contributed by atoms with Crippen LogP contribution in [0, 0.1) is 0 Å². The van der Waals surface area contributed by atoms with E-state index in [9.17, 15) is 4.79 Å². The van der Waals surface area contributed by atoms with Gasteiger partial charge in [-0.2, -0.15) is 0 Å². The average molecular weight is 282 g/mol. The number of hydrogen-bond donors (Lipinski definition) is 2.